The fraction of sp³-hybridized carbons (Fsp3) is 0.901. The molecule has 3 fully saturated rings. The molecule has 3 rings (SSSR count). The van der Waals surface area contributed by atoms with Crippen LogP contribution in [0.4, 0.5) is 0 Å². The van der Waals surface area contributed by atoms with E-state index in [1.165, 1.54) is 193 Å². The number of allylic oxidation sites excluding steroid dienone is 5. The van der Waals surface area contributed by atoms with Crippen LogP contribution < -0.4 is 5.32 Å². The number of hydrogen-bond acceptors (Lipinski definition) is 18. The summed E-state index contributed by atoms with van der Waals surface area (Å²) < 4.78 is 34.2. The van der Waals surface area contributed by atoms with Gasteiger partial charge in [-0.25, -0.2) is 0 Å². The van der Waals surface area contributed by atoms with E-state index in [0.717, 1.165) is 57.8 Å². The molecule has 0 radical (unpaired) electrons. The highest BCUT2D eigenvalue weighted by atomic mass is 16.8. The second kappa shape index (κ2) is 53.2. The first-order valence-electron chi connectivity index (χ1n) is 36.2. The summed E-state index contributed by atoms with van der Waals surface area (Å²) in [7, 11) is 0. The first-order valence-corrected chi connectivity index (χ1v) is 36.2. The lowest BCUT2D eigenvalue weighted by atomic mass is 9.96. The predicted molar refractivity (Wildman–Crippen MR) is 351 cm³/mol. The van der Waals surface area contributed by atoms with E-state index in [1.807, 2.05) is 6.08 Å². The molecule has 19 nitrogen and oxygen atoms in total. The number of rotatable bonds is 56. The van der Waals surface area contributed by atoms with Crippen LogP contribution in [-0.4, -0.2) is 193 Å². The topological polar surface area (TPSA) is 307 Å². The molecule has 0 aromatic carbocycles. The Balaban J connectivity index is 1.22. The van der Waals surface area contributed by atoms with Gasteiger partial charge in [-0.1, -0.05) is 256 Å². The van der Waals surface area contributed by atoms with Gasteiger partial charge in [0.25, 0.3) is 0 Å². The summed E-state index contributed by atoms with van der Waals surface area (Å²) >= 11 is 0. The molecular formula is C71H131NO18. The molecule has 0 aromatic heterocycles. The summed E-state index contributed by atoms with van der Waals surface area (Å²) in [6, 6.07) is -0.967. The molecule has 3 heterocycles. The third kappa shape index (κ3) is 34.6. The molecule has 3 aliphatic rings. The van der Waals surface area contributed by atoms with Crippen LogP contribution in [0.3, 0.4) is 0 Å². The highest BCUT2D eigenvalue weighted by Gasteiger charge is 2.53. The number of carbonyl (C=O) groups excluding carboxylic acids is 1. The minimum absolute atomic E-state index is 0.246. The van der Waals surface area contributed by atoms with Crippen molar-refractivity contribution >= 4 is 5.91 Å². The van der Waals surface area contributed by atoms with Gasteiger partial charge in [-0.3, -0.25) is 4.79 Å². The summed E-state index contributed by atoms with van der Waals surface area (Å²) in [5.74, 6) is -0.277. The van der Waals surface area contributed by atoms with Crippen LogP contribution in [0.15, 0.2) is 36.5 Å². The Labute approximate surface area is 542 Å². The van der Waals surface area contributed by atoms with E-state index < -0.39 is 124 Å². The average molecular weight is 1290 g/mol. The van der Waals surface area contributed by atoms with Crippen LogP contribution >= 0.6 is 0 Å². The molecule has 0 aromatic rings. The lowest BCUT2D eigenvalue weighted by Crippen LogP contribution is -2.66. The zero-order valence-corrected chi connectivity index (χ0v) is 55.9. The van der Waals surface area contributed by atoms with Crippen molar-refractivity contribution in [2.24, 2.45) is 0 Å². The standard InChI is InChI=1S/C71H131NO18/c1-3-5-7-9-11-12-13-14-15-16-17-18-19-20-21-22-23-24-25-26-27-28-29-30-31-32-33-34-35-36-37-38-39-40-41-42-43-45-47-49-59(77)72-54(55(76)48-46-44-10-8-6-4-2)53-85-69-65(83)62(80)67(57(51-74)87-69)90-71-66(84)63(81)68(58(52-75)88-71)89-70-64(82)61(79)60(78)56(50-73)86-70/h13-14,16-17,46,48,54-58,60-71,73-76,78-84H,3-12,15,18-45,47,49-53H2,1-2H3,(H,72,77)/b14-13-,17-16-,48-46+. The zero-order valence-electron chi connectivity index (χ0n) is 55.9. The first-order chi connectivity index (χ1) is 43.8. The minimum atomic E-state index is -1.98. The lowest BCUT2D eigenvalue weighted by Gasteiger charge is -2.48. The Morgan fingerprint density at radius 1 is 0.400 bits per heavy atom. The first kappa shape index (κ1) is 82.2. The van der Waals surface area contributed by atoms with Crippen molar-refractivity contribution in [2.75, 3.05) is 26.4 Å². The van der Waals surface area contributed by atoms with Gasteiger partial charge in [0.1, 0.15) is 73.2 Å². The van der Waals surface area contributed by atoms with E-state index in [-0.39, 0.29) is 18.9 Å². The summed E-state index contributed by atoms with van der Waals surface area (Å²) in [6.45, 7) is 1.63. The molecule has 0 aliphatic carbocycles. The molecule has 0 spiro atoms. The highest BCUT2D eigenvalue weighted by Crippen LogP contribution is 2.33. The van der Waals surface area contributed by atoms with Crippen molar-refractivity contribution in [3.05, 3.63) is 36.5 Å². The molecule has 19 heteroatoms. The van der Waals surface area contributed by atoms with Crippen LogP contribution in [0, 0.1) is 0 Å². The van der Waals surface area contributed by atoms with Crippen molar-refractivity contribution in [2.45, 2.75) is 381 Å². The maximum Gasteiger partial charge on any atom is 0.220 e. The molecule has 3 saturated heterocycles. The fourth-order valence-corrected chi connectivity index (χ4v) is 12.3. The number of amides is 1. The smallest absolute Gasteiger partial charge is 0.220 e. The number of nitrogens with one attached hydrogen (secondary N) is 1. The van der Waals surface area contributed by atoms with Crippen molar-refractivity contribution < 1.29 is 89.4 Å². The summed E-state index contributed by atoms with van der Waals surface area (Å²) in [4.78, 5) is 13.3. The number of unbranched alkanes of at least 4 members (excludes halogenated alkanes) is 36. The lowest BCUT2D eigenvalue weighted by molar-refractivity contribution is -0.379. The van der Waals surface area contributed by atoms with Crippen LogP contribution in [0.25, 0.3) is 0 Å². The van der Waals surface area contributed by atoms with E-state index in [1.54, 1.807) is 6.08 Å². The van der Waals surface area contributed by atoms with Crippen LogP contribution in [0.2, 0.25) is 0 Å². The molecule has 12 N–H and O–H groups in total. The maximum absolute atomic E-state index is 13.3. The normalized spacial score (nSPS) is 28.2. The summed E-state index contributed by atoms with van der Waals surface area (Å²) in [5, 5.41) is 120. The quantitative estimate of drug-likeness (QED) is 0.0199. The van der Waals surface area contributed by atoms with Gasteiger partial charge in [0.15, 0.2) is 18.9 Å². The van der Waals surface area contributed by atoms with Gasteiger partial charge in [0.2, 0.25) is 5.91 Å². The molecular weight excluding hydrogens is 1150 g/mol. The maximum atomic E-state index is 13.3. The Kier molecular flexibility index (Phi) is 48.6. The molecule has 0 saturated carbocycles. The van der Waals surface area contributed by atoms with E-state index in [0.29, 0.717) is 6.42 Å². The van der Waals surface area contributed by atoms with Crippen molar-refractivity contribution in [3.8, 4) is 0 Å². The number of carbonyl (C=O) groups is 1. The summed E-state index contributed by atoms with van der Waals surface area (Å²) in [5.41, 5.74) is 0. The van der Waals surface area contributed by atoms with Gasteiger partial charge in [0, 0.05) is 6.42 Å². The van der Waals surface area contributed by atoms with Crippen LogP contribution in [-0.2, 0) is 33.2 Å². The largest absolute Gasteiger partial charge is 0.394 e. The number of hydrogen-bond donors (Lipinski definition) is 12. The predicted octanol–water partition coefficient (Wildman–Crippen LogP) is 10.00. The van der Waals surface area contributed by atoms with Gasteiger partial charge >= 0.3 is 0 Å². The molecule has 528 valence electrons. The minimum Gasteiger partial charge on any atom is -0.394 e. The van der Waals surface area contributed by atoms with E-state index in [4.69, 9.17) is 28.4 Å². The molecule has 0 bridgehead atoms. The van der Waals surface area contributed by atoms with E-state index in [2.05, 4.69) is 43.5 Å². The Morgan fingerprint density at radius 2 is 0.733 bits per heavy atom. The molecule has 17 unspecified atom stereocenters. The monoisotopic (exact) mass is 1290 g/mol. The number of ether oxygens (including phenoxy) is 6. The van der Waals surface area contributed by atoms with Gasteiger partial charge in [0.05, 0.1) is 38.6 Å². The Bertz CT molecular complexity index is 1780. The third-order valence-electron chi connectivity index (χ3n) is 18.2. The summed E-state index contributed by atoms with van der Waals surface area (Å²) in [6.07, 6.45) is 36.7. The molecule has 3 aliphatic heterocycles. The molecule has 1 amide bonds. The SMILES string of the molecule is CCCCCC/C=C/C(O)C(COC1OC(CO)C(OC2OC(CO)C(OC3OC(CO)C(O)C(O)C3O)C(O)C2O)C(O)C1O)NC(=O)CCCCCCCCCCCCCCCCCCCCCCCCCCCCC/C=C\C/C=C\CCCCCCC. The van der Waals surface area contributed by atoms with Crippen LogP contribution in [0.1, 0.15) is 277 Å². The fourth-order valence-electron chi connectivity index (χ4n) is 12.3. The van der Waals surface area contributed by atoms with Crippen molar-refractivity contribution in [1.82, 2.24) is 5.32 Å². The van der Waals surface area contributed by atoms with Crippen molar-refractivity contribution in [3.63, 3.8) is 0 Å². The molecule has 17 atom stereocenters. The van der Waals surface area contributed by atoms with Gasteiger partial charge < -0.3 is 89.9 Å². The second-order valence-corrected chi connectivity index (χ2v) is 26.1. The number of aliphatic hydroxyl groups is 11. The molecule has 90 heavy (non-hydrogen) atoms. The van der Waals surface area contributed by atoms with Gasteiger partial charge in [-0.05, 0) is 51.4 Å². The van der Waals surface area contributed by atoms with E-state index >= 15 is 0 Å². The number of aliphatic hydroxyl groups excluding tert-OH is 11. The van der Waals surface area contributed by atoms with Gasteiger partial charge in [-0.15, -0.1) is 0 Å². The average Bonchev–Trinajstić information content (AvgIpc) is 2.33. The zero-order chi connectivity index (χ0) is 65.4. The van der Waals surface area contributed by atoms with Crippen molar-refractivity contribution in [1.29, 1.82) is 0 Å². The van der Waals surface area contributed by atoms with Crippen LogP contribution in [0.5, 0.6) is 0 Å². The Morgan fingerprint density at radius 3 is 1.14 bits per heavy atom. The van der Waals surface area contributed by atoms with E-state index in [9.17, 15) is 61.0 Å². The Hall–Kier alpha value is -1.99. The van der Waals surface area contributed by atoms with Gasteiger partial charge in [-0.2, -0.15) is 0 Å². The second-order valence-electron chi connectivity index (χ2n) is 26.1. The third-order valence-corrected chi connectivity index (χ3v) is 18.2. The highest BCUT2D eigenvalue weighted by molar-refractivity contribution is 5.76.